The van der Waals surface area contributed by atoms with E-state index in [-0.39, 0.29) is 6.04 Å². The highest BCUT2D eigenvalue weighted by Crippen LogP contribution is 2.21. The van der Waals surface area contributed by atoms with Crippen LogP contribution in [0.2, 0.25) is 0 Å². The third-order valence-corrected chi connectivity index (χ3v) is 5.48. The van der Waals surface area contributed by atoms with Crippen LogP contribution in [0, 0.1) is 0 Å². The van der Waals surface area contributed by atoms with Gasteiger partial charge in [-0.15, -0.1) is 11.3 Å². The van der Waals surface area contributed by atoms with Gasteiger partial charge in [0.1, 0.15) is 0 Å². The van der Waals surface area contributed by atoms with Crippen molar-refractivity contribution >= 4 is 21.4 Å². The largest absolute Gasteiger partial charge is 0.316 e. The first-order valence-electron chi connectivity index (χ1n) is 6.32. The molecule has 0 saturated heterocycles. The second kappa shape index (κ2) is 6.49. The minimum Gasteiger partial charge on any atom is -0.316 e. The normalized spacial score (nSPS) is 13.3. The van der Waals surface area contributed by atoms with Crippen molar-refractivity contribution in [1.29, 1.82) is 0 Å². The summed E-state index contributed by atoms with van der Waals surface area (Å²) in [5.41, 5.74) is 0.944. The molecule has 1 aromatic carbocycles. The van der Waals surface area contributed by atoms with Crippen LogP contribution >= 0.6 is 11.3 Å². The molecule has 0 aliphatic carbocycles. The van der Waals surface area contributed by atoms with Crippen LogP contribution in [0.25, 0.3) is 0 Å². The monoisotopic (exact) mass is 310 g/mol. The average molecular weight is 310 g/mol. The molecule has 0 aliphatic rings. The van der Waals surface area contributed by atoms with Gasteiger partial charge in [0, 0.05) is 11.4 Å². The number of benzene rings is 1. The standard InChI is InChI=1S/C14H18N2O2S2/c1-11(14-7-4-8-19-14)16-20(17,18)13-6-3-5-12(9-13)10-15-2/h3-9,11,15-16H,10H2,1-2H3. The molecule has 0 bridgehead atoms. The van der Waals surface area contributed by atoms with Crippen molar-refractivity contribution in [2.45, 2.75) is 24.4 Å². The van der Waals surface area contributed by atoms with Gasteiger partial charge in [-0.05, 0) is 43.1 Å². The van der Waals surface area contributed by atoms with E-state index in [1.807, 2.05) is 37.6 Å². The highest BCUT2D eigenvalue weighted by Gasteiger charge is 2.19. The molecule has 0 aliphatic heterocycles. The molecule has 0 amide bonds. The maximum absolute atomic E-state index is 12.4. The second-order valence-electron chi connectivity index (χ2n) is 4.54. The third-order valence-electron chi connectivity index (χ3n) is 2.89. The molecular formula is C14H18N2O2S2. The smallest absolute Gasteiger partial charge is 0.241 e. The minimum atomic E-state index is -3.50. The van der Waals surface area contributed by atoms with Gasteiger partial charge in [0.25, 0.3) is 0 Å². The molecule has 1 atom stereocenters. The summed E-state index contributed by atoms with van der Waals surface area (Å²) < 4.78 is 27.4. The Morgan fingerprint density at radius 1 is 1.25 bits per heavy atom. The Balaban J connectivity index is 2.20. The Bertz CT molecular complexity index is 652. The Kier molecular flexibility index (Phi) is 4.93. The van der Waals surface area contributed by atoms with Crippen molar-refractivity contribution in [3.8, 4) is 0 Å². The van der Waals surface area contributed by atoms with Crippen LogP contribution in [0.1, 0.15) is 23.4 Å². The predicted molar refractivity (Wildman–Crippen MR) is 82.3 cm³/mol. The van der Waals surface area contributed by atoms with E-state index >= 15 is 0 Å². The molecule has 2 rings (SSSR count). The van der Waals surface area contributed by atoms with Gasteiger partial charge >= 0.3 is 0 Å². The first kappa shape index (κ1) is 15.2. The molecule has 0 saturated carbocycles. The van der Waals surface area contributed by atoms with Crippen molar-refractivity contribution in [2.75, 3.05) is 7.05 Å². The molecule has 1 aromatic heterocycles. The van der Waals surface area contributed by atoms with E-state index in [1.54, 1.807) is 29.5 Å². The molecule has 20 heavy (non-hydrogen) atoms. The zero-order chi connectivity index (χ0) is 14.6. The number of rotatable bonds is 6. The van der Waals surface area contributed by atoms with E-state index in [4.69, 9.17) is 0 Å². The van der Waals surface area contributed by atoms with Crippen molar-refractivity contribution in [3.63, 3.8) is 0 Å². The van der Waals surface area contributed by atoms with Crippen molar-refractivity contribution < 1.29 is 8.42 Å². The fourth-order valence-electron chi connectivity index (χ4n) is 1.92. The molecule has 2 N–H and O–H groups in total. The summed E-state index contributed by atoms with van der Waals surface area (Å²) in [6.07, 6.45) is 0. The Morgan fingerprint density at radius 3 is 2.70 bits per heavy atom. The zero-order valence-corrected chi connectivity index (χ0v) is 13.1. The molecule has 1 unspecified atom stereocenters. The highest BCUT2D eigenvalue weighted by molar-refractivity contribution is 7.89. The Morgan fingerprint density at radius 2 is 2.05 bits per heavy atom. The lowest BCUT2D eigenvalue weighted by atomic mass is 10.2. The Labute approximate surface area is 123 Å². The lowest BCUT2D eigenvalue weighted by Crippen LogP contribution is -2.26. The summed E-state index contributed by atoms with van der Waals surface area (Å²) in [4.78, 5) is 1.30. The summed E-state index contributed by atoms with van der Waals surface area (Å²) >= 11 is 1.54. The lowest BCUT2D eigenvalue weighted by Gasteiger charge is -2.13. The maximum Gasteiger partial charge on any atom is 0.241 e. The van der Waals surface area contributed by atoms with Crippen LogP contribution in [0.3, 0.4) is 0 Å². The average Bonchev–Trinajstić information content (AvgIpc) is 2.93. The van der Waals surface area contributed by atoms with E-state index in [0.29, 0.717) is 11.4 Å². The maximum atomic E-state index is 12.4. The third kappa shape index (κ3) is 3.67. The summed E-state index contributed by atoms with van der Waals surface area (Å²) in [6, 6.07) is 10.6. The van der Waals surface area contributed by atoms with Gasteiger partial charge < -0.3 is 5.32 Å². The summed E-state index contributed by atoms with van der Waals surface area (Å²) in [5, 5.41) is 4.95. The fraction of sp³-hybridized carbons (Fsp3) is 0.286. The van der Waals surface area contributed by atoms with E-state index in [2.05, 4.69) is 10.0 Å². The second-order valence-corrected chi connectivity index (χ2v) is 7.23. The number of hydrogen-bond donors (Lipinski definition) is 2. The fourth-order valence-corrected chi connectivity index (χ4v) is 4.03. The number of sulfonamides is 1. The number of thiophene rings is 1. The van der Waals surface area contributed by atoms with Crippen molar-refractivity contribution in [1.82, 2.24) is 10.0 Å². The van der Waals surface area contributed by atoms with Crippen LogP contribution < -0.4 is 10.0 Å². The number of hydrogen-bond acceptors (Lipinski definition) is 4. The van der Waals surface area contributed by atoms with Crippen molar-refractivity contribution in [2.24, 2.45) is 0 Å². The first-order valence-corrected chi connectivity index (χ1v) is 8.68. The first-order chi connectivity index (χ1) is 9.53. The van der Waals surface area contributed by atoms with Gasteiger partial charge in [-0.1, -0.05) is 18.2 Å². The number of nitrogens with one attached hydrogen (secondary N) is 2. The molecular weight excluding hydrogens is 292 g/mol. The molecule has 6 heteroatoms. The molecule has 0 radical (unpaired) electrons. The van der Waals surface area contributed by atoms with Gasteiger partial charge in [0.05, 0.1) is 10.9 Å². The molecule has 0 fully saturated rings. The van der Waals surface area contributed by atoms with Gasteiger partial charge in [0.15, 0.2) is 0 Å². The van der Waals surface area contributed by atoms with Gasteiger partial charge in [0.2, 0.25) is 10.0 Å². The SMILES string of the molecule is CNCc1cccc(S(=O)(=O)NC(C)c2cccs2)c1. The zero-order valence-electron chi connectivity index (χ0n) is 11.5. The predicted octanol–water partition coefficient (Wildman–Crippen LogP) is 2.51. The lowest BCUT2D eigenvalue weighted by molar-refractivity contribution is 0.568. The van der Waals surface area contributed by atoms with Crippen LogP contribution in [0.15, 0.2) is 46.7 Å². The van der Waals surface area contributed by atoms with Crippen LogP contribution in [-0.4, -0.2) is 15.5 Å². The molecule has 0 spiro atoms. The van der Waals surface area contributed by atoms with E-state index in [1.165, 1.54) is 0 Å². The minimum absolute atomic E-state index is 0.229. The Hall–Kier alpha value is -1.21. The topological polar surface area (TPSA) is 58.2 Å². The van der Waals surface area contributed by atoms with E-state index in [9.17, 15) is 8.42 Å². The van der Waals surface area contributed by atoms with Gasteiger partial charge in [-0.25, -0.2) is 13.1 Å². The summed E-state index contributed by atoms with van der Waals surface area (Å²) in [7, 11) is -1.67. The van der Waals surface area contributed by atoms with Crippen molar-refractivity contribution in [3.05, 3.63) is 52.2 Å². The molecule has 1 heterocycles. The van der Waals surface area contributed by atoms with Gasteiger partial charge in [-0.2, -0.15) is 0 Å². The van der Waals surface area contributed by atoms with E-state index < -0.39 is 10.0 Å². The molecule has 108 valence electrons. The van der Waals surface area contributed by atoms with E-state index in [0.717, 1.165) is 10.4 Å². The van der Waals surface area contributed by atoms with Gasteiger partial charge in [-0.3, -0.25) is 0 Å². The summed E-state index contributed by atoms with van der Waals surface area (Å²) in [5.74, 6) is 0. The quantitative estimate of drug-likeness (QED) is 0.862. The molecule has 2 aromatic rings. The molecule has 4 nitrogen and oxygen atoms in total. The van der Waals surface area contributed by atoms with Crippen LogP contribution in [-0.2, 0) is 16.6 Å². The highest BCUT2D eigenvalue weighted by atomic mass is 32.2. The van der Waals surface area contributed by atoms with Crippen LogP contribution in [0.5, 0.6) is 0 Å². The summed E-state index contributed by atoms with van der Waals surface area (Å²) in [6.45, 7) is 2.49. The van der Waals surface area contributed by atoms with Crippen LogP contribution in [0.4, 0.5) is 0 Å².